The van der Waals surface area contributed by atoms with Gasteiger partial charge in [-0.2, -0.15) is 5.26 Å². The van der Waals surface area contributed by atoms with E-state index < -0.39 is 0 Å². The van der Waals surface area contributed by atoms with E-state index in [1.54, 1.807) is 6.20 Å². The predicted octanol–water partition coefficient (Wildman–Crippen LogP) is 2.19. The summed E-state index contributed by atoms with van der Waals surface area (Å²) < 4.78 is 0. The normalized spacial score (nSPS) is 13.6. The topological polar surface area (TPSA) is 69.5 Å². The minimum atomic E-state index is -0.302. The molecule has 0 saturated carbocycles. The zero-order valence-corrected chi connectivity index (χ0v) is 10.4. The summed E-state index contributed by atoms with van der Waals surface area (Å²) in [5.41, 5.74) is 3.37. The van der Waals surface area contributed by atoms with Gasteiger partial charge in [0.25, 0.3) is 5.56 Å². The average molecular weight is 251 g/mol. The molecule has 0 fully saturated rings. The Balaban J connectivity index is 2.36. The molecule has 2 aromatic heterocycles. The van der Waals surface area contributed by atoms with Gasteiger partial charge in [0.15, 0.2) is 0 Å². The van der Waals surface area contributed by atoms with Crippen LogP contribution < -0.4 is 5.56 Å². The van der Waals surface area contributed by atoms with Crippen LogP contribution in [-0.2, 0) is 12.8 Å². The second-order valence-electron chi connectivity index (χ2n) is 4.70. The van der Waals surface area contributed by atoms with Crippen molar-refractivity contribution in [2.45, 2.75) is 25.7 Å². The van der Waals surface area contributed by atoms with E-state index in [-0.39, 0.29) is 11.1 Å². The van der Waals surface area contributed by atoms with E-state index in [0.29, 0.717) is 5.69 Å². The number of aromatic amines is 1. The third-order valence-corrected chi connectivity index (χ3v) is 3.54. The van der Waals surface area contributed by atoms with Crippen LogP contribution in [0, 0.1) is 11.3 Å². The monoisotopic (exact) mass is 251 g/mol. The second kappa shape index (κ2) is 4.69. The maximum atomic E-state index is 12.0. The van der Waals surface area contributed by atoms with Crippen LogP contribution in [0.5, 0.6) is 0 Å². The van der Waals surface area contributed by atoms with Crippen molar-refractivity contribution in [3.05, 3.63) is 51.6 Å². The first kappa shape index (κ1) is 11.7. The molecule has 0 atom stereocenters. The Bertz CT molecular complexity index is 711. The first-order chi connectivity index (χ1) is 9.31. The van der Waals surface area contributed by atoms with Gasteiger partial charge in [0.1, 0.15) is 11.6 Å². The molecule has 3 rings (SSSR count). The molecule has 0 unspecified atom stereocenters. The fourth-order valence-electron chi connectivity index (χ4n) is 2.68. The summed E-state index contributed by atoms with van der Waals surface area (Å²) >= 11 is 0. The summed E-state index contributed by atoms with van der Waals surface area (Å²) in [5.74, 6) is 0. The molecule has 0 aliphatic heterocycles. The number of fused-ring (bicyclic) bond motifs is 1. The van der Waals surface area contributed by atoms with Crippen LogP contribution >= 0.6 is 0 Å². The summed E-state index contributed by atoms with van der Waals surface area (Å²) in [6, 6.07) is 7.58. The number of aryl methyl sites for hydroxylation is 1. The molecule has 0 spiro atoms. The van der Waals surface area contributed by atoms with E-state index in [4.69, 9.17) is 0 Å². The van der Waals surface area contributed by atoms with Crippen molar-refractivity contribution < 1.29 is 0 Å². The van der Waals surface area contributed by atoms with E-state index in [1.807, 2.05) is 24.3 Å². The van der Waals surface area contributed by atoms with Crippen LogP contribution in [-0.4, -0.2) is 9.97 Å². The lowest BCUT2D eigenvalue weighted by Gasteiger charge is -2.19. The smallest absolute Gasteiger partial charge is 0.266 e. The largest absolute Gasteiger partial charge is 0.325 e. The molecule has 1 N–H and O–H groups in total. The fourth-order valence-corrected chi connectivity index (χ4v) is 2.68. The summed E-state index contributed by atoms with van der Waals surface area (Å²) in [5, 5.41) is 9.26. The number of hydrogen-bond acceptors (Lipinski definition) is 3. The number of rotatable bonds is 1. The number of nitrogens with one attached hydrogen (secondary N) is 1. The average Bonchev–Trinajstić information content (AvgIpc) is 2.46. The van der Waals surface area contributed by atoms with Gasteiger partial charge in [0.05, 0.1) is 5.69 Å². The molecule has 0 saturated heterocycles. The standard InChI is InChI=1S/C15H13N3O/c16-9-11-14(13-7-3-4-8-17-13)10-5-1-2-6-12(10)18-15(11)19/h3-4,7-8H,1-2,5-6H2,(H,18,19). The molecule has 0 radical (unpaired) electrons. The third-order valence-electron chi connectivity index (χ3n) is 3.54. The van der Waals surface area contributed by atoms with Gasteiger partial charge in [-0.25, -0.2) is 0 Å². The van der Waals surface area contributed by atoms with Crippen LogP contribution in [0.2, 0.25) is 0 Å². The lowest BCUT2D eigenvalue weighted by molar-refractivity contribution is 0.666. The zero-order valence-electron chi connectivity index (χ0n) is 10.4. The van der Waals surface area contributed by atoms with Gasteiger partial charge in [-0.05, 0) is 43.4 Å². The van der Waals surface area contributed by atoms with E-state index in [9.17, 15) is 10.1 Å². The van der Waals surface area contributed by atoms with E-state index in [2.05, 4.69) is 9.97 Å². The fraction of sp³-hybridized carbons (Fsp3) is 0.267. The number of nitriles is 1. The van der Waals surface area contributed by atoms with E-state index in [0.717, 1.165) is 42.5 Å². The Kier molecular flexibility index (Phi) is 2.88. The molecule has 0 amide bonds. The van der Waals surface area contributed by atoms with Crippen LogP contribution in [0.25, 0.3) is 11.3 Å². The minimum absolute atomic E-state index is 0.180. The molecule has 94 valence electrons. The van der Waals surface area contributed by atoms with Crippen LogP contribution in [0.15, 0.2) is 29.2 Å². The Morgan fingerprint density at radius 3 is 2.84 bits per heavy atom. The molecule has 2 heterocycles. The number of hydrogen-bond donors (Lipinski definition) is 1. The molecule has 1 aliphatic carbocycles. The lowest BCUT2D eigenvalue weighted by atomic mass is 9.88. The maximum absolute atomic E-state index is 12.0. The molecule has 19 heavy (non-hydrogen) atoms. The molecule has 2 aromatic rings. The van der Waals surface area contributed by atoms with E-state index >= 15 is 0 Å². The quantitative estimate of drug-likeness (QED) is 0.844. The summed E-state index contributed by atoms with van der Waals surface area (Å²) in [4.78, 5) is 19.2. The zero-order chi connectivity index (χ0) is 13.2. The van der Waals surface area contributed by atoms with Crippen molar-refractivity contribution in [3.63, 3.8) is 0 Å². The molecule has 4 heteroatoms. The van der Waals surface area contributed by atoms with Gasteiger partial charge >= 0.3 is 0 Å². The molecule has 4 nitrogen and oxygen atoms in total. The summed E-state index contributed by atoms with van der Waals surface area (Å²) in [7, 11) is 0. The van der Waals surface area contributed by atoms with Crippen molar-refractivity contribution >= 4 is 0 Å². The Labute approximate surface area is 110 Å². The van der Waals surface area contributed by atoms with Gasteiger partial charge in [0, 0.05) is 17.5 Å². The Morgan fingerprint density at radius 2 is 2.11 bits per heavy atom. The van der Waals surface area contributed by atoms with Crippen LogP contribution in [0.1, 0.15) is 29.7 Å². The van der Waals surface area contributed by atoms with Gasteiger partial charge in [-0.1, -0.05) is 6.07 Å². The van der Waals surface area contributed by atoms with Gasteiger partial charge in [-0.3, -0.25) is 9.78 Å². The first-order valence-electron chi connectivity index (χ1n) is 6.41. The van der Waals surface area contributed by atoms with Crippen molar-refractivity contribution in [2.24, 2.45) is 0 Å². The SMILES string of the molecule is N#Cc1c(-c2ccccn2)c2c([nH]c1=O)CCCC2. The van der Waals surface area contributed by atoms with Crippen molar-refractivity contribution in [1.29, 1.82) is 5.26 Å². The highest BCUT2D eigenvalue weighted by Crippen LogP contribution is 2.30. The second-order valence-corrected chi connectivity index (χ2v) is 4.70. The minimum Gasteiger partial charge on any atom is -0.325 e. The number of H-pyrrole nitrogens is 1. The Morgan fingerprint density at radius 1 is 1.26 bits per heavy atom. The summed E-state index contributed by atoms with van der Waals surface area (Å²) in [6.07, 6.45) is 5.62. The predicted molar refractivity (Wildman–Crippen MR) is 71.7 cm³/mol. The first-order valence-corrected chi connectivity index (χ1v) is 6.41. The van der Waals surface area contributed by atoms with E-state index in [1.165, 1.54) is 0 Å². The highest BCUT2D eigenvalue weighted by molar-refractivity contribution is 5.71. The lowest BCUT2D eigenvalue weighted by Crippen LogP contribution is -2.20. The Hall–Kier alpha value is -2.41. The van der Waals surface area contributed by atoms with Crippen molar-refractivity contribution in [3.8, 4) is 17.3 Å². The van der Waals surface area contributed by atoms with Crippen LogP contribution in [0.4, 0.5) is 0 Å². The van der Waals surface area contributed by atoms with Gasteiger partial charge in [-0.15, -0.1) is 0 Å². The molecule has 0 aromatic carbocycles. The highest BCUT2D eigenvalue weighted by atomic mass is 16.1. The van der Waals surface area contributed by atoms with Gasteiger partial charge < -0.3 is 4.98 Å². The number of aromatic nitrogens is 2. The molecular formula is C15H13N3O. The highest BCUT2D eigenvalue weighted by Gasteiger charge is 2.21. The van der Waals surface area contributed by atoms with Crippen molar-refractivity contribution in [2.75, 3.05) is 0 Å². The van der Waals surface area contributed by atoms with Gasteiger partial charge in [0.2, 0.25) is 0 Å². The number of nitrogens with zero attached hydrogens (tertiary/aromatic N) is 2. The molecule has 0 bridgehead atoms. The number of pyridine rings is 2. The summed E-state index contributed by atoms with van der Waals surface area (Å²) in [6.45, 7) is 0. The third kappa shape index (κ3) is 1.93. The maximum Gasteiger partial charge on any atom is 0.266 e. The van der Waals surface area contributed by atoms with Crippen molar-refractivity contribution in [1.82, 2.24) is 9.97 Å². The molecule has 1 aliphatic rings. The van der Waals surface area contributed by atoms with Crippen LogP contribution in [0.3, 0.4) is 0 Å². The molecular weight excluding hydrogens is 238 g/mol.